The van der Waals surface area contributed by atoms with E-state index in [4.69, 9.17) is 0 Å². The summed E-state index contributed by atoms with van der Waals surface area (Å²) in [7, 11) is 0. The fraction of sp³-hybridized carbons (Fsp3) is 0.353. The van der Waals surface area contributed by atoms with Gasteiger partial charge >= 0.3 is 5.97 Å². The number of benzene rings is 1. The Hall–Kier alpha value is -2.23. The molecule has 0 radical (unpaired) electrons. The molecule has 1 N–H and O–H groups in total. The van der Waals surface area contributed by atoms with Crippen LogP contribution in [0.2, 0.25) is 0 Å². The largest absolute Gasteiger partial charge is 0.478 e. The summed E-state index contributed by atoms with van der Waals surface area (Å²) < 4.78 is 0. The maximum Gasteiger partial charge on any atom is 0.339 e. The molecule has 0 fully saturated rings. The Labute approximate surface area is 123 Å². The predicted octanol–water partition coefficient (Wildman–Crippen LogP) is 3.01. The van der Waals surface area contributed by atoms with Gasteiger partial charge in [0.1, 0.15) is 5.82 Å². The normalized spacial score (nSPS) is 14.1. The van der Waals surface area contributed by atoms with Crippen molar-refractivity contribution in [3.63, 3.8) is 0 Å². The number of aromatic nitrogens is 2. The molecule has 1 aliphatic carbocycles. The summed E-state index contributed by atoms with van der Waals surface area (Å²) in [6, 6.07) is 8.40. The zero-order valence-corrected chi connectivity index (χ0v) is 12.0. The summed E-state index contributed by atoms with van der Waals surface area (Å²) in [6.07, 6.45) is 4.90. The molecule has 1 aliphatic rings. The van der Waals surface area contributed by atoms with Crippen LogP contribution in [0.4, 0.5) is 0 Å². The molecular weight excluding hydrogens is 264 g/mol. The van der Waals surface area contributed by atoms with E-state index in [1.54, 1.807) is 0 Å². The molecule has 0 atom stereocenters. The lowest BCUT2D eigenvalue weighted by Crippen LogP contribution is -2.12. The van der Waals surface area contributed by atoms with Gasteiger partial charge in [-0.25, -0.2) is 14.8 Å². The first-order valence-corrected chi connectivity index (χ1v) is 7.35. The number of fused-ring (bicyclic) bond motifs is 1. The van der Waals surface area contributed by atoms with Crippen molar-refractivity contribution in [3.8, 4) is 0 Å². The highest BCUT2D eigenvalue weighted by atomic mass is 16.4. The minimum atomic E-state index is -0.945. The number of aromatic carboxylic acids is 1. The van der Waals surface area contributed by atoms with Gasteiger partial charge in [-0.1, -0.05) is 37.6 Å². The van der Waals surface area contributed by atoms with Crippen molar-refractivity contribution >= 4 is 5.97 Å². The first kappa shape index (κ1) is 13.7. The van der Waals surface area contributed by atoms with Crippen molar-refractivity contribution in [1.82, 2.24) is 9.97 Å². The number of nitrogens with zero attached hydrogens (tertiary/aromatic N) is 2. The van der Waals surface area contributed by atoms with Crippen molar-refractivity contribution in [1.29, 1.82) is 0 Å². The third kappa shape index (κ3) is 2.66. The zero-order valence-electron chi connectivity index (χ0n) is 12.0. The highest BCUT2D eigenvalue weighted by molar-refractivity contribution is 5.88. The quantitative estimate of drug-likeness (QED) is 0.936. The molecule has 4 nitrogen and oxygen atoms in total. The second-order valence-electron chi connectivity index (χ2n) is 5.52. The van der Waals surface area contributed by atoms with E-state index in [-0.39, 0.29) is 11.5 Å². The fourth-order valence-corrected chi connectivity index (χ4v) is 2.98. The Bertz CT molecular complexity index is 657. The number of hydrogen-bond donors (Lipinski definition) is 1. The fourth-order valence-electron chi connectivity index (χ4n) is 2.98. The van der Waals surface area contributed by atoms with Crippen LogP contribution in [0.25, 0.3) is 0 Å². The highest BCUT2D eigenvalue weighted by Crippen LogP contribution is 2.32. The van der Waals surface area contributed by atoms with Gasteiger partial charge in [-0.3, -0.25) is 0 Å². The number of hydrogen-bond acceptors (Lipinski definition) is 3. The van der Waals surface area contributed by atoms with Crippen molar-refractivity contribution in [2.75, 3.05) is 0 Å². The van der Waals surface area contributed by atoms with Crippen LogP contribution in [0.15, 0.2) is 30.5 Å². The number of carboxylic acid groups (broad SMARTS) is 1. The monoisotopic (exact) mass is 282 g/mol. The van der Waals surface area contributed by atoms with Crippen LogP contribution in [-0.2, 0) is 19.3 Å². The molecular formula is C17H18N2O2. The van der Waals surface area contributed by atoms with Crippen LogP contribution in [0, 0.1) is 0 Å². The summed E-state index contributed by atoms with van der Waals surface area (Å²) >= 11 is 0. The molecule has 0 bridgehead atoms. The molecule has 1 aromatic heterocycles. The minimum absolute atomic E-state index is 0.233. The van der Waals surface area contributed by atoms with Gasteiger partial charge in [0.2, 0.25) is 0 Å². The van der Waals surface area contributed by atoms with Gasteiger partial charge in [0.15, 0.2) is 0 Å². The molecule has 21 heavy (non-hydrogen) atoms. The molecule has 1 heterocycles. The molecule has 0 spiro atoms. The maximum atomic E-state index is 11.2. The van der Waals surface area contributed by atoms with Crippen LogP contribution < -0.4 is 0 Å². The first-order chi connectivity index (χ1) is 10.2. The summed E-state index contributed by atoms with van der Waals surface area (Å²) in [5.74, 6) is 0.0974. The molecule has 1 aromatic carbocycles. The van der Waals surface area contributed by atoms with Crippen LogP contribution >= 0.6 is 0 Å². The Kier molecular flexibility index (Phi) is 3.69. The lowest BCUT2D eigenvalue weighted by molar-refractivity contribution is 0.0694. The number of aryl methyl sites for hydroxylation is 1. The summed E-state index contributed by atoms with van der Waals surface area (Å²) in [5.41, 5.74) is 3.60. The smallest absolute Gasteiger partial charge is 0.339 e. The SMILES string of the molecule is CCCc1nc(C2Cc3ccccc3C2)ncc1C(=O)O. The lowest BCUT2D eigenvalue weighted by atomic mass is 10.0. The molecule has 0 saturated carbocycles. The molecule has 108 valence electrons. The molecule has 0 saturated heterocycles. The molecule has 3 rings (SSSR count). The van der Waals surface area contributed by atoms with E-state index in [1.165, 1.54) is 17.3 Å². The van der Waals surface area contributed by atoms with Gasteiger partial charge in [-0.15, -0.1) is 0 Å². The third-order valence-electron chi connectivity index (χ3n) is 4.02. The Balaban J connectivity index is 1.90. The predicted molar refractivity (Wildman–Crippen MR) is 79.6 cm³/mol. The van der Waals surface area contributed by atoms with Gasteiger partial charge in [-0.05, 0) is 30.4 Å². The van der Waals surface area contributed by atoms with E-state index >= 15 is 0 Å². The summed E-state index contributed by atoms with van der Waals surface area (Å²) in [6.45, 7) is 2.03. The first-order valence-electron chi connectivity index (χ1n) is 7.35. The van der Waals surface area contributed by atoms with Crippen LogP contribution in [0.3, 0.4) is 0 Å². The Morgan fingerprint density at radius 1 is 1.29 bits per heavy atom. The number of rotatable bonds is 4. The van der Waals surface area contributed by atoms with E-state index in [2.05, 4.69) is 34.2 Å². The highest BCUT2D eigenvalue weighted by Gasteiger charge is 2.25. The van der Waals surface area contributed by atoms with E-state index in [9.17, 15) is 9.90 Å². The molecule has 4 heteroatoms. The number of carboxylic acids is 1. The Morgan fingerprint density at radius 3 is 2.52 bits per heavy atom. The second kappa shape index (κ2) is 5.64. The van der Waals surface area contributed by atoms with Crippen LogP contribution in [0.5, 0.6) is 0 Å². The average molecular weight is 282 g/mol. The van der Waals surface area contributed by atoms with Crippen LogP contribution in [0.1, 0.15) is 52.3 Å². The van der Waals surface area contributed by atoms with Gasteiger partial charge in [0.05, 0.1) is 11.3 Å². The molecule has 0 amide bonds. The number of carbonyl (C=O) groups is 1. The van der Waals surface area contributed by atoms with E-state index in [0.717, 1.165) is 25.1 Å². The zero-order chi connectivity index (χ0) is 14.8. The van der Waals surface area contributed by atoms with Crippen molar-refractivity contribution in [2.24, 2.45) is 0 Å². The van der Waals surface area contributed by atoms with E-state index in [1.807, 2.05) is 6.92 Å². The van der Waals surface area contributed by atoms with E-state index in [0.29, 0.717) is 12.1 Å². The maximum absolute atomic E-state index is 11.2. The molecule has 0 unspecified atom stereocenters. The van der Waals surface area contributed by atoms with E-state index < -0.39 is 5.97 Å². The molecule has 2 aromatic rings. The van der Waals surface area contributed by atoms with Gasteiger partial charge in [0, 0.05) is 12.1 Å². The van der Waals surface area contributed by atoms with Gasteiger partial charge in [0.25, 0.3) is 0 Å². The summed E-state index contributed by atoms with van der Waals surface area (Å²) in [5, 5.41) is 9.21. The molecule has 0 aliphatic heterocycles. The topological polar surface area (TPSA) is 63.1 Å². The standard InChI is InChI=1S/C17H18N2O2/c1-2-5-15-14(17(20)21)10-18-16(19-15)13-8-11-6-3-4-7-12(11)9-13/h3-4,6-7,10,13H,2,5,8-9H2,1H3,(H,20,21). The van der Waals surface area contributed by atoms with Gasteiger partial charge < -0.3 is 5.11 Å². The minimum Gasteiger partial charge on any atom is -0.478 e. The second-order valence-corrected chi connectivity index (χ2v) is 5.52. The summed E-state index contributed by atoms with van der Waals surface area (Å²) in [4.78, 5) is 20.1. The van der Waals surface area contributed by atoms with Gasteiger partial charge in [-0.2, -0.15) is 0 Å². The third-order valence-corrected chi connectivity index (χ3v) is 4.02. The Morgan fingerprint density at radius 2 is 1.95 bits per heavy atom. The van der Waals surface area contributed by atoms with Crippen LogP contribution in [-0.4, -0.2) is 21.0 Å². The van der Waals surface area contributed by atoms with Crippen molar-refractivity contribution < 1.29 is 9.90 Å². The average Bonchev–Trinajstić information content (AvgIpc) is 2.91. The lowest BCUT2D eigenvalue weighted by Gasteiger charge is -2.11. The van der Waals surface area contributed by atoms with Crippen molar-refractivity contribution in [2.45, 2.75) is 38.5 Å². The van der Waals surface area contributed by atoms with Crippen molar-refractivity contribution in [3.05, 3.63) is 58.7 Å².